The first-order valence-electron chi connectivity index (χ1n) is 14.2. The Morgan fingerprint density at radius 2 is 1.80 bits per heavy atom. The number of esters is 1. The minimum absolute atomic E-state index is 0.0215. The summed E-state index contributed by atoms with van der Waals surface area (Å²) in [5, 5.41) is 1.02. The Morgan fingerprint density at radius 1 is 1.05 bits per heavy atom. The Hall–Kier alpha value is -3.97. The maximum absolute atomic E-state index is 14.4. The molecule has 6 nitrogen and oxygen atoms in total. The molecule has 0 N–H and O–H groups in total. The molecule has 4 aromatic rings. The predicted octanol–water partition coefficient (Wildman–Crippen LogP) is 6.79. The monoisotopic (exact) mass is 555 g/mol. The van der Waals surface area contributed by atoms with Gasteiger partial charge < -0.3 is 23.6 Å². The van der Waals surface area contributed by atoms with E-state index in [-0.39, 0.29) is 17.7 Å². The molecule has 0 bridgehead atoms. The van der Waals surface area contributed by atoms with E-state index < -0.39 is 11.4 Å². The smallest absolute Gasteiger partial charge is 0.319 e. The molecule has 3 aromatic carbocycles. The summed E-state index contributed by atoms with van der Waals surface area (Å²) in [4.78, 5) is 24.7. The van der Waals surface area contributed by atoms with Gasteiger partial charge >= 0.3 is 5.97 Å². The van der Waals surface area contributed by atoms with E-state index in [2.05, 4.69) is 16.7 Å². The van der Waals surface area contributed by atoms with Crippen molar-refractivity contribution < 1.29 is 28.2 Å². The summed E-state index contributed by atoms with van der Waals surface area (Å²) in [6, 6.07) is 21.3. The third-order valence-electron chi connectivity index (χ3n) is 8.72. The van der Waals surface area contributed by atoms with E-state index in [1.807, 2.05) is 48.5 Å². The van der Waals surface area contributed by atoms with E-state index in [9.17, 15) is 14.0 Å². The van der Waals surface area contributed by atoms with Gasteiger partial charge in [-0.2, -0.15) is 0 Å². The highest BCUT2D eigenvalue weighted by molar-refractivity contribution is 5.96. The quantitative estimate of drug-likeness (QED) is 0.136. The fourth-order valence-electron chi connectivity index (χ4n) is 6.53. The van der Waals surface area contributed by atoms with Gasteiger partial charge in [0.25, 0.3) is 0 Å². The van der Waals surface area contributed by atoms with Crippen LogP contribution in [0.3, 0.4) is 0 Å². The molecule has 0 unspecified atom stereocenters. The number of hydrogen-bond acceptors (Lipinski definition) is 5. The summed E-state index contributed by atoms with van der Waals surface area (Å²) < 4.78 is 33.6. The molecule has 0 atom stereocenters. The van der Waals surface area contributed by atoms with Crippen molar-refractivity contribution >= 4 is 23.2 Å². The number of aromatic nitrogens is 1. The number of fused-ring (bicyclic) bond motifs is 1. The lowest BCUT2D eigenvalue weighted by Gasteiger charge is -2.42. The summed E-state index contributed by atoms with van der Waals surface area (Å²) in [5.74, 6) is 0.188. The summed E-state index contributed by atoms with van der Waals surface area (Å²) in [5.41, 5.74) is 4.65. The highest BCUT2D eigenvalue weighted by Crippen LogP contribution is 2.55. The Balaban J connectivity index is 1.52. The Morgan fingerprint density at radius 3 is 2.49 bits per heavy atom. The predicted molar refractivity (Wildman–Crippen MR) is 154 cm³/mol. The van der Waals surface area contributed by atoms with E-state index in [0.29, 0.717) is 38.2 Å². The van der Waals surface area contributed by atoms with Crippen LogP contribution in [0, 0.1) is 18.2 Å². The van der Waals surface area contributed by atoms with Crippen molar-refractivity contribution in [2.75, 3.05) is 20.3 Å². The Bertz CT molecular complexity index is 1580. The summed E-state index contributed by atoms with van der Waals surface area (Å²) in [6.07, 6.45) is 3.22. The lowest BCUT2D eigenvalue weighted by molar-refractivity contribution is -0.161. The van der Waals surface area contributed by atoms with Gasteiger partial charge in [-0.05, 0) is 91.6 Å². The molecule has 7 heteroatoms. The average molecular weight is 556 g/mol. The van der Waals surface area contributed by atoms with Crippen LogP contribution in [0.15, 0.2) is 66.7 Å². The Labute approximate surface area is 239 Å². The second-order valence-electron chi connectivity index (χ2n) is 11.3. The first-order valence-corrected chi connectivity index (χ1v) is 14.2. The molecule has 2 aliphatic rings. The molecule has 212 valence electrons. The minimum Gasteiger partial charge on any atom is -0.489 e. The van der Waals surface area contributed by atoms with E-state index in [1.165, 1.54) is 13.2 Å². The molecule has 2 heterocycles. The van der Waals surface area contributed by atoms with Crippen molar-refractivity contribution in [2.24, 2.45) is 5.41 Å². The number of carbonyl (C=O) groups excluding carboxylic acids is 2. The van der Waals surface area contributed by atoms with Crippen molar-refractivity contribution in [1.29, 1.82) is 0 Å². The maximum Gasteiger partial charge on any atom is 0.319 e. The standard InChI is InChI=1S/C34H34FNO5/c1-22-16-26(8-10-29(22)35)36-30-11-9-27(41-20-23-6-4-3-5-7-23)17-28(30)31(32(36)24-12-14-40-15-13-24)25-18-34(19-25,21-37)33(38)39-2/h3-11,16-17,21,24-25H,12-15,18-20H2,1-2H3. The molecule has 6 rings (SSSR count). The Kier molecular flexibility index (Phi) is 7.39. The SMILES string of the molecule is COC(=O)C1(C=O)CC(c2c(C3CCOCC3)n(-c3ccc(F)c(C)c3)c3ccc(OCc4ccccc4)cc23)C1. The number of hydrogen-bond donors (Lipinski definition) is 0. The molecule has 1 saturated heterocycles. The zero-order valence-electron chi connectivity index (χ0n) is 23.4. The normalized spacial score (nSPS) is 20.9. The van der Waals surface area contributed by atoms with Gasteiger partial charge in [0, 0.05) is 35.9 Å². The second kappa shape index (κ2) is 11.1. The number of benzene rings is 3. The van der Waals surface area contributed by atoms with Crippen molar-refractivity contribution in [3.8, 4) is 11.4 Å². The lowest BCUT2D eigenvalue weighted by atomic mass is 9.60. The topological polar surface area (TPSA) is 66.8 Å². The van der Waals surface area contributed by atoms with Crippen LogP contribution >= 0.6 is 0 Å². The van der Waals surface area contributed by atoms with Crippen LogP contribution in [0.2, 0.25) is 0 Å². The number of rotatable bonds is 8. The number of aldehydes is 1. The highest BCUT2D eigenvalue weighted by Gasteiger charge is 2.53. The highest BCUT2D eigenvalue weighted by atomic mass is 19.1. The molecule has 2 fully saturated rings. The second-order valence-corrected chi connectivity index (χ2v) is 11.3. The summed E-state index contributed by atoms with van der Waals surface area (Å²) in [6.45, 7) is 3.53. The maximum atomic E-state index is 14.4. The van der Waals surface area contributed by atoms with Gasteiger partial charge in [0.1, 0.15) is 29.9 Å². The number of ether oxygens (including phenoxy) is 3. The van der Waals surface area contributed by atoms with E-state index >= 15 is 0 Å². The fraction of sp³-hybridized carbons (Fsp3) is 0.353. The van der Waals surface area contributed by atoms with Crippen LogP contribution in [0.25, 0.3) is 16.6 Å². The van der Waals surface area contributed by atoms with Gasteiger partial charge in [-0.15, -0.1) is 0 Å². The summed E-state index contributed by atoms with van der Waals surface area (Å²) in [7, 11) is 1.33. The minimum atomic E-state index is -1.13. The number of nitrogens with zero attached hydrogens (tertiary/aromatic N) is 1. The first kappa shape index (κ1) is 27.2. The number of methoxy groups -OCH3 is 1. The van der Waals surface area contributed by atoms with Crippen LogP contribution in [0.5, 0.6) is 5.75 Å². The zero-order valence-corrected chi connectivity index (χ0v) is 23.4. The van der Waals surface area contributed by atoms with Crippen LogP contribution in [-0.4, -0.2) is 37.1 Å². The van der Waals surface area contributed by atoms with Crippen molar-refractivity contribution in [3.05, 3.63) is 94.9 Å². The lowest BCUT2D eigenvalue weighted by Crippen LogP contribution is -2.45. The molecule has 41 heavy (non-hydrogen) atoms. The van der Waals surface area contributed by atoms with Gasteiger partial charge in [0.05, 0.1) is 12.6 Å². The molecule has 0 spiro atoms. The third-order valence-corrected chi connectivity index (χ3v) is 8.72. The molecule has 1 aromatic heterocycles. The molecule has 1 saturated carbocycles. The molecule has 0 radical (unpaired) electrons. The van der Waals surface area contributed by atoms with Gasteiger partial charge in [-0.3, -0.25) is 4.79 Å². The van der Waals surface area contributed by atoms with Gasteiger partial charge in [-0.1, -0.05) is 30.3 Å². The van der Waals surface area contributed by atoms with E-state index in [1.54, 1.807) is 6.92 Å². The molecule has 1 aliphatic heterocycles. The van der Waals surface area contributed by atoms with Gasteiger partial charge in [0.15, 0.2) is 0 Å². The molecule has 0 amide bonds. The van der Waals surface area contributed by atoms with Crippen LogP contribution < -0.4 is 4.74 Å². The van der Waals surface area contributed by atoms with E-state index in [4.69, 9.17) is 14.2 Å². The summed E-state index contributed by atoms with van der Waals surface area (Å²) >= 11 is 0. The van der Waals surface area contributed by atoms with Crippen LogP contribution in [0.1, 0.15) is 59.9 Å². The van der Waals surface area contributed by atoms with E-state index in [0.717, 1.165) is 58.3 Å². The van der Waals surface area contributed by atoms with Gasteiger partial charge in [0.2, 0.25) is 0 Å². The first-order chi connectivity index (χ1) is 19.9. The molecular formula is C34H34FNO5. The van der Waals surface area contributed by atoms with Crippen molar-refractivity contribution in [1.82, 2.24) is 4.57 Å². The van der Waals surface area contributed by atoms with Crippen molar-refractivity contribution in [2.45, 2.75) is 51.0 Å². The average Bonchev–Trinajstić information content (AvgIpc) is 3.32. The number of halogens is 1. The zero-order chi connectivity index (χ0) is 28.6. The molecule has 1 aliphatic carbocycles. The van der Waals surface area contributed by atoms with Gasteiger partial charge in [-0.25, -0.2) is 4.39 Å². The third kappa shape index (κ3) is 4.93. The number of aryl methyl sites for hydroxylation is 1. The van der Waals surface area contributed by atoms with Crippen LogP contribution in [-0.2, 0) is 25.7 Å². The van der Waals surface area contributed by atoms with Crippen LogP contribution in [0.4, 0.5) is 4.39 Å². The largest absolute Gasteiger partial charge is 0.489 e. The fourth-order valence-corrected chi connectivity index (χ4v) is 6.53. The van der Waals surface area contributed by atoms with Crippen molar-refractivity contribution in [3.63, 3.8) is 0 Å². The molecular weight excluding hydrogens is 521 g/mol. The number of carbonyl (C=O) groups is 2.